The summed E-state index contributed by atoms with van der Waals surface area (Å²) >= 11 is 0. The van der Waals surface area contributed by atoms with Crippen LogP contribution in [0, 0.1) is 5.92 Å². The fourth-order valence-corrected chi connectivity index (χ4v) is 3.61. The van der Waals surface area contributed by atoms with Crippen LogP contribution in [0.3, 0.4) is 0 Å². The summed E-state index contributed by atoms with van der Waals surface area (Å²) in [5.41, 5.74) is 0. The number of aromatic nitrogens is 1. The molecule has 2 aliphatic rings. The first-order chi connectivity index (χ1) is 9.85. The molecule has 2 heterocycles. The molecule has 4 heteroatoms. The molecule has 0 aromatic carbocycles. The number of rotatable bonds is 4. The number of nitrogens with zero attached hydrogens (tertiary/aromatic N) is 2. The summed E-state index contributed by atoms with van der Waals surface area (Å²) in [4.78, 5) is 6.89. The molecule has 1 aliphatic heterocycles. The summed E-state index contributed by atoms with van der Waals surface area (Å²) in [7, 11) is 0. The molecular weight excluding hydrogens is 250 g/mol. The van der Waals surface area contributed by atoms with Crippen molar-refractivity contribution in [1.82, 2.24) is 15.2 Å². The Bertz CT molecular complexity index is 412. The van der Waals surface area contributed by atoms with Gasteiger partial charge < -0.3 is 9.73 Å². The molecule has 1 unspecified atom stereocenters. The first-order valence-corrected chi connectivity index (χ1v) is 8.24. The third kappa shape index (κ3) is 3.41. The molecule has 2 fully saturated rings. The van der Waals surface area contributed by atoms with E-state index in [1.807, 2.05) is 6.20 Å². The second-order valence-electron chi connectivity index (χ2n) is 6.27. The summed E-state index contributed by atoms with van der Waals surface area (Å²) in [6, 6.07) is 0.671. The predicted molar refractivity (Wildman–Crippen MR) is 79.5 cm³/mol. The van der Waals surface area contributed by atoms with Crippen molar-refractivity contribution in [2.75, 3.05) is 19.6 Å². The SMILES string of the molecule is CCc1cnc(CN2CCNC(C3CCCCC3)C2)o1. The second-order valence-corrected chi connectivity index (χ2v) is 6.27. The molecule has 20 heavy (non-hydrogen) atoms. The standard InChI is InChI=1S/C16H27N3O/c1-2-14-10-18-16(20-14)12-19-9-8-17-15(11-19)13-6-4-3-5-7-13/h10,13,15,17H,2-9,11-12H2,1H3. The molecule has 1 saturated carbocycles. The van der Waals surface area contributed by atoms with Crippen LogP contribution in [0.2, 0.25) is 0 Å². The van der Waals surface area contributed by atoms with E-state index in [0.717, 1.165) is 50.2 Å². The smallest absolute Gasteiger partial charge is 0.208 e. The van der Waals surface area contributed by atoms with Crippen LogP contribution >= 0.6 is 0 Å². The van der Waals surface area contributed by atoms with Gasteiger partial charge in [-0.15, -0.1) is 0 Å². The zero-order chi connectivity index (χ0) is 13.8. The number of aryl methyl sites for hydroxylation is 1. The third-order valence-corrected chi connectivity index (χ3v) is 4.82. The largest absolute Gasteiger partial charge is 0.444 e. The maximum absolute atomic E-state index is 5.74. The van der Waals surface area contributed by atoms with Crippen LogP contribution in [0.4, 0.5) is 0 Å². The van der Waals surface area contributed by atoms with Gasteiger partial charge in [-0.3, -0.25) is 4.90 Å². The molecule has 4 nitrogen and oxygen atoms in total. The number of hydrogen-bond acceptors (Lipinski definition) is 4. The molecule has 1 aromatic heterocycles. The van der Waals surface area contributed by atoms with Crippen molar-refractivity contribution in [2.24, 2.45) is 5.92 Å². The summed E-state index contributed by atoms with van der Waals surface area (Å²) in [5, 5.41) is 3.73. The van der Waals surface area contributed by atoms with Gasteiger partial charge in [0.15, 0.2) is 0 Å². The van der Waals surface area contributed by atoms with Crippen molar-refractivity contribution in [3.63, 3.8) is 0 Å². The van der Waals surface area contributed by atoms with Gasteiger partial charge in [-0.05, 0) is 18.8 Å². The first-order valence-electron chi connectivity index (χ1n) is 8.24. The van der Waals surface area contributed by atoms with Gasteiger partial charge in [-0.1, -0.05) is 26.2 Å². The molecule has 0 bridgehead atoms. The third-order valence-electron chi connectivity index (χ3n) is 4.82. The summed E-state index contributed by atoms with van der Waals surface area (Å²) in [6.45, 7) is 6.32. The van der Waals surface area contributed by atoms with Gasteiger partial charge in [0.05, 0.1) is 12.7 Å². The van der Waals surface area contributed by atoms with E-state index in [-0.39, 0.29) is 0 Å². The molecule has 1 aliphatic carbocycles. The fourth-order valence-electron chi connectivity index (χ4n) is 3.61. The van der Waals surface area contributed by atoms with E-state index in [0.29, 0.717) is 6.04 Å². The van der Waals surface area contributed by atoms with Gasteiger partial charge in [0, 0.05) is 32.1 Å². The maximum Gasteiger partial charge on any atom is 0.208 e. The van der Waals surface area contributed by atoms with Crippen molar-refractivity contribution < 1.29 is 4.42 Å². The van der Waals surface area contributed by atoms with Gasteiger partial charge in [-0.25, -0.2) is 4.98 Å². The normalized spacial score (nSPS) is 25.9. The molecule has 1 atom stereocenters. The number of nitrogens with one attached hydrogen (secondary N) is 1. The summed E-state index contributed by atoms with van der Waals surface area (Å²) in [5.74, 6) is 2.76. The Labute approximate surface area is 121 Å². The molecule has 0 radical (unpaired) electrons. The van der Waals surface area contributed by atoms with E-state index in [4.69, 9.17) is 4.42 Å². The summed E-state index contributed by atoms with van der Waals surface area (Å²) < 4.78 is 5.74. The molecule has 1 saturated heterocycles. The van der Waals surface area contributed by atoms with E-state index in [2.05, 4.69) is 22.1 Å². The van der Waals surface area contributed by atoms with Crippen molar-refractivity contribution in [1.29, 1.82) is 0 Å². The highest BCUT2D eigenvalue weighted by Crippen LogP contribution is 2.27. The minimum absolute atomic E-state index is 0.671. The summed E-state index contributed by atoms with van der Waals surface area (Å²) in [6.07, 6.45) is 9.89. The Morgan fingerprint density at radius 3 is 2.95 bits per heavy atom. The zero-order valence-electron chi connectivity index (χ0n) is 12.6. The Morgan fingerprint density at radius 1 is 1.35 bits per heavy atom. The van der Waals surface area contributed by atoms with Crippen LogP contribution in [0.15, 0.2) is 10.6 Å². The van der Waals surface area contributed by atoms with E-state index < -0.39 is 0 Å². The van der Waals surface area contributed by atoms with Crippen LogP contribution in [0.25, 0.3) is 0 Å². The first kappa shape index (κ1) is 14.1. The highest BCUT2D eigenvalue weighted by atomic mass is 16.4. The monoisotopic (exact) mass is 277 g/mol. The topological polar surface area (TPSA) is 41.3 Å². The average molecular weight is 277 g/mol. The Balaban J connectivity index is 1.54. The average Bonchev–Trinajstić information content (AvgIpc) is 2.96. The van der Waals surface area contributed by atoms with Crippen molar-refractivity contribution in [3.8, 4) is 0 Å². The highest BCUT2D eigenvalue weighted by Gasteiger charge is 2.28. The van der Waals surface area contributed by atoms with Crippen LogP contribution in [0.1, 0.15) is 50.7 Å². The van der Waals surface area contributed by atoms with Crippen LogP contribution in [0.5, 0.6) is 0 Å². The van der Waals surface area contributed by atoms with Crippen molar-refractivity contribution >= 4 is 0 Å². The van der Waals surface area contributed by atoms with Crippen molar-refractivity contribution in [2.45, 2.75) is 58.0 Å². The van der Waals surface area contributed by atoms with Gasteiger partial charge >= 0.3 is 0 Å². The van der Waals surface area contributed by atoms with E-state index in [1.165, 1.54) is 32.1 Å². The molecule has 1 aromatic rings. The highest BCUT2D eigenvalue weighted by molar-refractivity contribution is 4.94. The van der Waals surface area contributed by atoms with Gasteiger partial charge in [0.25, 0.3) is 0 Å². The van der Waals surface area contributed by atoms with Gasteiger partial charge in [0.2, 0.25) is 5.89 Å². The number of hydrogen-bond donors (Lipinski definition) is 1. The number of piperazine rings is 1. The van der Waals surface area contributed by atoms with Gasteiger partial charge in [0.1, 0.15) is 5.76 Å². The minimum Gasteiger partial charge on any atom is -0.444 e. The number of oxazole rings is 1. The molecule has 1 N–H and O–H groups in total. The molecule has 112 valence electrons. The lowest BCUT2D eigenvalue weighted by molar-refractivity contribution is 0.132. The van der Waals surface area contributed by atoms with E-state index in [1.54, 1.807) is 0 Å². The molecule has 3 rings (SSSR count). The fraction of sp³-hybridized carbons (Fsp3) is 0.812. The van der Waals surface area contributed by atoms with E-state index >= 15 is 0 Å². The van der Waals surface area contributed by atoms with Crippen LogP contribution in [-0.4, -0.2) is 35.6 Å². The molecule has 0 spiro atoms. The lowest BCUT2D eigenvalue weighted by atomic mass is 9.83. The van der Waals surface area contributed by atoms with Crippen LogP contribution in [-0.2, 0) is 13.0 Å². The lowest BCUT2D eigenvalue weighted by Gasteiger charge is -2.38. The maximum atomic E-state index is 5.74. The molecular formula is C16H27N3O. The minimum atomic E-state index is 0.671. The molecule has 0 amide bonds. The van der Waals surface area contributed by atoms with Crippen molar-refractivity contribution in [3.05, 3.63) is 17.8 Å². The van der Waals surface area contributed by atoms with E-state index in [9.17, 15) is 0 Å². The predicted octanol–water partition coefficient (Wildman–Crippen LogP) is 2.59. The lowest BCUT2D eigenvalue weighted by Crippen LogP contribution is -2.53. The second kappa shape index (κ2) is 6.72. The Kier molecular flexibility index (Phi) is 4.73. The van der Waals surface area contributed by atoms with Crippen LogP contribution < -0.4 is 5.32 Å². The van der Waals surface area contributed by atoms with Gasteiger partial charge in [-0.2, -0.15) is 0 Å². The Hall–Kier alpha value is -0.870. The Morgan fingerprint density at radius 2 is 2.20 bits per heavy atom. The zero-order valence-corrected chi connectivity index (χ0v) is 12.6. The quantitative estimate of drug-likeness (QED) is 0.918.